The molecule has 0 radical (unpaired) electrons. The maximum Gasteiger partial charge on any atom is 0.503 e. The number of ether oxygens (including phenoxy) is 1. The highest BCUT2D eigenvalue weighted by Gasteiger charge is 2.40. The fourth-order valence-corrected chi connectivity index (χ4v) is 12.3. The van der Waals surface area contributed by atoms with E-state index >= 15 is 0 Å². The second kappa shape index (κ2) is 22.6. The molecule has 9 aromatic carbocycles. The van der Waals surface area contributed by atoms with E-state index in [4.69, 9.17) is 24.7 Å². The van der Waals surface area contributed by atoms with Crippen LogP contribution in [0.3, 0.4) is 0 Å². The average molecular weight is 1190 g/mol. The van der Waals surface area contributed by atoms with Gasteiger partial charge in [0.2, 0.25) is 11.4 Å². The molecule has 3 aromatic heterocycles. The second-order valence-electron chi connectivity index (χ2n) is 29.5. The quantitative estimate of drug-likeness (QED) is 0.128. The molecule has 13 rings (SSSR count). The van der Waals surface area contributed by atoms with E-state index in [2.05, 4.69) is 318 Å². The first-order chi connectivity index (χ1) is 43.2. The molecule has 0 N–H and O–H groups in total. The van der Waals surface area contributed by atoms with E-state index in [1.807, 2.05) is 24.4 Å². The van der Waals surface area contributed by atoms with Gasteiger partial charge in [-0.05, 0) is 124 Å². The van der Waals surface area contributed by atoms with Crippen LogP contribution < -0.4 is 13.9 Å². The Balaban J connectivity index is 1.03. The molecule has 0 saturated carbocycles. The number of aromatic nitrogens is 5. The van der Waals surface area contributed by atoms with Crippen molar-refractivity contribution in [3.05, 3.63) is 246 Å². The summed E-state index contributed by atoms with van der Waals surface area (Å²) in [5.41, 5.74) is 18.9. The van der Waals surface area contributed by atoms with Gasteiger partial charge in [-0.15, -0.1) is 0 Å². The van der Waals surface area contributed by atoms with E-state index in [0.29, 0.717) is 34.5 Å². The van der Waals surface area contributed by atoms with E-state index in [0.717, 1.165) is 83.8 Å². The van der Waals surface area contributed by atoms with Crippen molar-refractivity contribution in [1.82, 2.24) is 33.7 Å². The molecule has 91 heavy (non-hydrogen) atoms. The predicted molar refractivity (Wildman–Crippen MR) is 380 cm³/mol. The number of fused-ring (bicyclic) bond motifs is 4. The fourth-order valence-electron chi connectivity index (χ4n) is 12.3. The molecular formula is C83H81N7O+2. The van der Waals surface area contributed by atoms with Crippen LogP contribution in [0, 0.1) is 0 Å². The van der Waals surface area contributed by atoms with Gasteiger partial charge >= 0.3 is 6.01 Å². The Bertz CT molecular complexity index is 4690. The Kier molecular flexibility index (Phi) is 14.9. The molecule has 0 fully saturated rings. The number of hydrogen-bond donors (Lipinski definition) is 0. The summed E-state index contributed by atoms with van der Waals surface area (Å²) < 4.78 is 14.1. The molecule has 1 aliphatic rings. The summed E-state index contributed by atoms with van der Waals surface area (Å²) in [7, 11) is 0. The van der Waals surface area contributed by atoms with Gasteiger partial charge in [0, 0.05) is 52.4 Å². The molecule has 4 heterocycles. The molecule has 0 bridgehead atoms. The van der Waals surface area contributed by atoms with Gasteiger partial charge in [0.1, 0.15) is 17.3 Å². The highest BCUT2D eigenvalue weighted by molar-refractivity contribution is 6.11. The minimum absolute atomic E-state index is 0.00918. The van der Waals surface area contributed by atoms with Gasteiger partial charge in [0.25, 0.3) is 11.4 Å². The van der Waals surface area contributed by atoms with Crippen molar-refractivity contribution in [2.75, 3.05) is 0 Å². The molecule has 0 spiro atoms. The lowest BCUT2D eigenvalue weighted by Gasteiger charge is -2.20. The molecule has 0 amide bonds. The summed E-state index contributed by atoms with van der Waals surface area (Å²) in [5, 5.41) is 2.10. The van der Waals surface area contributed by atoms with Crippen LogP contribution in [0.5, 0.6) is 11.5 Å². The van der Waals surface area contributed by atoms with Crippen molar-refractivity contribution >= 4 is 50.6 Å². The standard InChI is InChI=1S/C83H81N7O/c1-79(2,3)57-37-29-53(30-38-57)64-24-21-25-65(54-31-39-58(40-32-54)80(4,5)6)75(64)89-52-88(70-26-16-17-27-71(70)89)62-22-20-23-63(49-62)91-73-51-72-67(66-48-61(83(13,14)15)45-46-69(66)90(72)74-28-18-19-47-84-74)50-68(73)78-86-76(55-33-41-59(42-34-55)81(7,8)9)85-77(87-78)56-35-43-60(44-36-56)82(10,11)12/h16-51H,1-15H3/q+2. The average Bonchev–Trinajstić information content (AvgIpc) is 1.61. The number of benzene rings is 9. The lowest BCUT2D eigenvalue weighted by Crippen LogP contribution is -2.11. The fraction of sp³-hybridized carbons (Fsp3) is 0.241. The number of pyridine rings is 1. The van der Waals surface area contributed by atoms with Crippen LogP contribution in [0.25, 0.3) is 84.0 Å². The summed E-state index contributed by atoms with van der Waals surface area (Å²) in [6, 6.07) is 80.1. The van der Waals surface area contributed by atoms with E-state index in [1.165, 1.54) is 27.8 Å². The minimum atomic E-state index is -0.113. The van der Waals surface area contributed by atoms with Gasteiger partial charge in [-0.2, -0.15) is 0 Å². The van der Waals surface area contributed by atoms with Crippen LogP contribution in [-0.4, -0.2) is 30.5 Å². The highest BCUT2D eigenvalue weighted by atomic mass is 16.5. The summed E-state index contributed by atoms with van der Waals surface area (Å²) in [4.78, 5) is 21.1. The van der Waals surface area contributed by atoms with Crippen molar-refractivity contribution in [3.8, 4) is 73.7 Å². The zero-order valence-electron chi connectivity index (χ0n) is 55.3. The molecule has 452 valence electrons. The molecule has 8 nitrogen and oxygen atoms in total. The smallest absolute Gasteiger partial charge is 0.456 e. The molecule has 0 atom stereocenters. The van der Waals surface area contributed by atoms with Gasteiger partial charge in [-0.25, -0.2) is 19.9 Å². The summed E-state index contributed by atoms with van der Waals surface area (Å²) in [5.74, 6) is 3.60. The lowest BCUT2D eigenvalue weighted by molar-refractivity contribution is 0.484. The Morgan fingerprint density at radius 2 is 0.813 bits per heavy atom. The van der Waals surface area contributed by atoms with Crippen LogP contribution in [0.15, 0.2) is 219 Å². The van der Waals surface area contributed by atoms with Gasteiger partial charge < -0.3 is 4.74 Å². The first-order valence-corrected chi connectivity index (χ1v) is 31.9. The first kappa shape index (κ1) is 60.1. The maximum atomic E-state index is 7.45. The zero-order chi connectivity index (χ0) is 63.9. The van der Waals surface area contributed by atoms with Crippen molar-refractivity contribution in [1.29, 1.82) is 0 Å². The molecule has 0 saturated heterocycles. The van der Waals surface area contributed by atoms with E-state index in [-0.39, 0.29) is 27.1 Å². The lowest BCUT2D eigenvalue weighted by atomic mass is 9.85. The van der Waals surface area contributed by atoms with Gasteiger partial charge in [-0.3, -0.25) is 4.57 Å². The van der Waals surface area contributed by atoms with E-state index < -0.39 is 0 Å². The third-order valence-electron chi connectivity index (χ3n) is 17.8. The summed E-state index contributed by atoms with van der Waals surface area (Å²) >= 11 is 0. The van der Waals surface area contributed by atoms with Gasteiger partial charge in [0.15, 0.2) is 17.5 Å². The van der Waals surface area contributed by atoms with Crippen molar-refractivity contribution in [3.63, 3.8) is 0 Å². The Morgan fingerprint density at radius 3 is 1.31 bits per heavy atom. The Labute approximate surface area is 537 Å². The van der Waals surface area contributed by atoms with Gasteiger partial charge in [0.05, 0.1) is 33.8 Å². The minimum Gasteiger partial charge on any atom is -0.456 e. The largest absolute Gasteiger partial charge is 0.503 e. The SMILES string of the molecule is CC(C)(C)c1ccc(-c2nc(-c3ccc(C(C)(C)C)cc3)nc(-c3cc4c5cc(C(C)(C)C)ccc5n(-c5ccccn5)c4cc3Oc3cccc([N+]4=C=[N+](c5c(-c6ccc(C(C)(C)C)cc6)cccc5-c5ccc(C(C)(C)C)cc5)c5ccccc54)c3)n2)cc1. The molecule has 0 aliphatic carbocycles. The van der Waals surface area contributed by atoms with Crippen LogP contribution in [0.1, 0.15) is 132 Å². The third-order valence-corrected chi connectivity index (χ3v) is 17.8. The number of hydrogen-bond acceptors (Lipinski definition) is 5. The van der Waals surface area contributed by atoms with Gasteiger partial charge in [-0.1, -0.05) is 237 Å². The molecule has 12 aromatic rings. The van der Waals surface area contributed by atoms with Crippen molar-refractivity contribution in [2.24, 2.45) is 0 Å². The normalized spacial score (nSPS) is 13.0. The third kappa shape index (κ3) is 11.7. The maximum absolute atomic E-state index is 7.45. The first-order valence-electron chi connectivity index (χ1n) is 31.9. The monoisotopic (exact) mass is 1190 g/mol. The number of rotatable bonds is 10. The van der Waals surface area contributed by atoms with E-state index in [9.17, 15) is 0 Å². The topological polar surface area (TPSA) is 71.7 Å². The molecule has 8 heteroatoms. The zero-order valence-corrected chi connectivity index (χ0v) is 55.3. The molecule has 1 aliphatic heterocycles. The number of nitrogens with zero attached hydrogens (tertiary/aromatic N) is 7. The number of para-hydroxylation sites is 3. The highest BCUT2D eigenvalue weighted by Crippen LogP contribution is 2.47. The summed E-state index contributed by atoms with van der Waals surface area (Å²) in [6.45, 7) is 33.8. The second-order valence-corrected chi connectivity index (χ2v) is 29.5. The van der Waals surface area contributed by atoms with Crippen LogP contribution in [0.2, 0.25) is 0 Å². The summed E-state index contributed by atoms with van der Waals surface area (Å²) in [6.07, 6.45) is 1.85. The van der Waals surface area contributed by atoms with Crippen LogP contribution in [-0.2, 0) is 27.1 Å². The van der Waals surface area contributed by atoms with Crippen LogP contribution >= 0.6 is 0 Å². The van der Waals surface area contributed by atoms with E-state index in [1.54, 1.807) is 0 Å². The Morgan fingerprint density at radius 1 is 0.363 bits per heavy atom. The van der Waals surface area contributed by atoms with Crippen molar-refractivity contribution in [2.45, 2.75) is 131 Å². The van der Waals surface area contributed by atoms with Crippen LogP contribution in [0.4, 0.5) is 22.7 Å². The predicted octanol–water partition coefficient (Wildman–Crippen LogP) is 21.8. The Hall–Kier alpha value is -9.88. The molecular weight excluding hydrogens is 1110 g/mol. The molecule has 0 unspecified atom stereocenters. The van der Waals surface area contributed by atoms with Crippen molar-refractivity contribution < 1.29 is 4.74 Å².